The molecular formula is C13H22N2OS. The Labute approximate surface area is 107 Å². The Hall–Kier alpha value is -0.450. The molecule has 3 nitrogen and oxygen atoms in total. The van der Waals surface area contributed by atoms with Gasteiger partial charge in [0, 0.05) is 29.1 Å². The Morgan fingerprint density at radius 2 is 2.18 bits per heavy atom. The molecule has 0 spiro atoms. The van der Waals surface area contributed by atoms with Gasteiger partial charge in [-0.05, 0) is 25.7 Å². The fraction of sp³-hybridized carbons (Fsp3) is 0.769. The lowest BCUT2D eigenvalue weighted by atomic mass is 9.94. The summed E-state index contributed by atoms with van der Waals surface area (Å²) in [5.41, 5.74) is -0.121. The van der Waals surface area contributed by atoms with Crippen LogP contribution in [0.5, 0.6) is 0 Å². The van der Waals surface area contributed by atoms with Gasteiger partial charge in [0.25, 0.3) is 0 Å². The molecule has 1 aromatic heterocycles. The number of hydrogen-bond donors (Lipinski definition) is 2. The van der Waals surface area contributed by atoms with E-state index in [-0.39, 0.29) is 12.1 Å². The third kappa shape index (κ3) is 3.06. The van der Waals surface area contributed by atoms with Crippen molar-refractivity contribution in [2.45, 2.75) is 57.5 Å². The molecule has 0 atom stereocenters. The van der Waals surface area contributed by atoms with Crippen molar-refractivity contribution in [3.8, 4) is 0 Å². The zero-order valence-corrected chi connectivity index (χ0v) is 11.5. The number of aliphatic hydroxyl groups excluding tert-OH is 1. The molecule has 0 unspecified atom stereocenters. The van der Waals surface area contributed by atoms with Gasteiger partial charge in [0.2, 0.25) is 0 Å². The van der Waals surface area contributed by atoms with Crippen molar-refractivity contribution in [3.63, 3.8) is 0 Å². The molecule has 0 bridgehead atoms. The maximum absolute atomic E-state index is 9.48. The summed E-state index contributed by atoms with van der Waals surface area (Å²) in [4.78, 5) is 5.76. The first-order chi connectivity index (χ1) is 8.23. The number of rotatable bonds is 7. The normalized spacial score (nSPS) is 16.4. The molecule has 1 fully saturated rings. The second kappa shape index (κ2) is 5.46. The molecule has 2 N–H and O–H groups in total. The molecule has 1 aliphatic carbocycles. The fourth-order valence-electron chi connectivity index (χ4n) is 1.98. The molecule has 17 heavy (non-hydrogen) atoms. The first kappa shape index (κ1) is 13.0. The predicted molar refractivity (Wildman–Crippen MR) is 71.3 cm³/mol. The Bertz CT molecular complexity index is 348. The minimum absolute atomic E-state index is 0.121. The number of aromatic nitrogens is 1. The van der Waals surface area contributed by atoms with Crippen LogP contribution >= 0.6 is 11.3 Å². The highest BCUT2D eigenvalue weighted by atomic mass is 32.1. The molecule has 1 saturated carbocycles. The fourth-order valence-corrected chi connectivity index (χ4v) is 3.00. The first-order valence-corrected chi connectivity index (χ1v) is 7.35. The Morgan fingerprint density at radius 1 is 1.47 bits per heavy atom. The molecule has 0 radical (unpaired) electrons. The standard InChI is InChI=1S/C13H22N2OS/c1-3-13(4-2,9-16)15-8-11-7-14-12(17-11)10-5-6-10/h7,10,15-16H,3-6,8-9H2,1-2H3. The number of thiazole rings is 1. The van der Waals surface area contributed by atoms with Gasteiger partial charge in [0.15, 0.2) is 0 Å². The van der Waals surface area contributed by atoms with Crippen LogP contribution in [0.25, 0.3) is 0 Å². The van der Waals surface area contributed by atoms with Crippen molar-refractivity contribution in [1.82, 2.24) is 10.3 Å². The van der Waals surface area contributed by atoms with Gasteiger partial charge in [0.05, 0.1) is 11.6 Å². The zero-order valence-electron chi connectivity index (χ0n) is 10.7. The molecule has 96 valence electrons. The summed E-state index contributed by atoms with van der Waals surface area (Å²) in [7, 11) is 0. The number of nitrogens with zero attached hydrogens (tertiary/aromatic N) is 1. The molecule has 4 heteroatoms. The van der Waals surface area contributed by atoms with Crippen LogP contribution in [0.4, 0.5) is 0 Å². The highest BCUT2D eigenvalue weighted by Crippen LogP contribution is 2.41. The summed E-state index contributed by atoms with van der Waals surface area (Å²) in [6, 6.07) is 0. The number of nitrogens with one attached hydrogen (secondary N) is 1. The summed E-state index contributed by atoms with van der Waals surface area (Å²) in [5.74, 6) is 0.744. The summed E-state index contributed by atoms with van der Waals surface area (Å²) >= 11 is 1.82. The van der Waals surface area contributed by atoms with Crippen molar-refractivity contribution in [2.24, 2.45) is 0 Å². The SMILES string of the molecule is CCC(CC)(CO)NCc1cnc(C2CC2)s1. The van der Waals surface area contributed by atoms with E-state index in [1.54, 1.807) is 0 Å². The van der Waals surface area contributed by atoms with Crippen LogP contribution in [0.15, 0.2) is 6.20 Å². The summed E-state index contributed by atoms with van der Waals surface area (Å²) < 4.78 is 0. The average Bonchev–Trinajstić information content (AvgIpc) is 3.12. The lowest BCUT2D eigenvalue weighted by Gasteiger charge is -2.30. The second-order valence-electron chi connectivity index (χ2n) is 4.94. The van der Waals surface area contributed by atoms with Gasteiger partial charge in [-0.15, -0.1) is 11.3 Å². The second-order valence-corrected chi connectivity index (χ2v) is 6.08. The van der Waals surface area contributed by atoms with Crippen molar-refractivity contribution in [2.75, 3.05) is 6.61 Å². The molecule has 0 amide bonds. The molecule has 0 aromatic carbocycles. The Kier molecular flexibility index (Phi) is 4.17. The molecule has 1 aromatic rings. The van der Waals surface area contributed by atoms with Crippen LogP contribution in [0.2, 0.25) is 0 Å². The van der Waals surface area contributed by atoms with Gasteiger partial charge < -0.3 is 10.4 Å². The molecule has 2 rings (SSSR count). The quantitative estimate of drug-likeness (QED) is 0.786. The highest BCUT2D eigenvalue weighted by molar-refractivity contribution is 7.11. The smallest absolute Gasteiger partial charge is 0.0959 e. The van der Waals surface area contributed by atoms with E-state index in [9.17, 15) is 5.11 Å². The van der Waals surface area contributed by atoms with E-state index in [1.165, 1.54) is 22.7 Å². The Balaban J connectivity index is 1.91. The van der Waals surface area contributed by atoms with Crippen molar-refractivity contribution in [1.29, 1.82) is 0 Å². The van der Waals surface area contributed by atoms with Gasteiger partial charge in [0.1, 0.15) is 0 Å². The first-order valence-electron chi connectivity index (χ1n) is 6.53. The number of hydrogen-bond acceptors (Lipinski definition) is 4. The van der Waals surface area contributed by atoms with Gasteiger partial charge in [-0.3, -0.25) is 0 Å². The zero-order chi connectivity index (χ0) is 12.3. The van der Waals surface area contributed by atoms with Gasteiger partial charge >= 0.3 is 0 Å². The minimum Gasteiger partial charge on any atom is -0.394 e. The summed E-state index contributed by atoms with van der Waals surface area (Å²) in [6.45, 7) is 5.27. The van der Waals surface area contributed by atoms with Gasteiger partial charge in [-0.1, -0.05) is 13.8 Å². The Morgan fingerprint density at radius 3 is 2.71 bits per heavy atom. The van der Waals surface area contributed by atoms with Crippen LogP contribution in [-0.4, -0.2) is 22.2 Å². The average molecular weight is 254 g/mol. The van der Waals surface area contributed by atoms with Crippen molar-refractivity contribution in [3.05, 3.63) is 16.1 Å². The number of aliphatic hydroxyl groups is 1. The monoisotopic (exact) mass is 254 g/mol. The molecular weight excluding hydrogens is 232 g/mol. The van der Waals surface area contributed by atoms with E-state index in [0.29, 0.717) is 0 Å². The van der Waals surface area contributed by atoms with Crippen LogP contribution in [0, 0.1) is 0 Å². The van der Waals surface area contributed by atoms with Crippen LogP contribution in [-0.2, 0) is 6.54 Å². The minimum atomic E-state index is -0.121. The van der Waals surface area contributed by atoms with Gasteiger partial charge in [-0.25, -0.2) is 4.98 Å². The van der Waals surface area contributed by atoms with E-state index in [0.717, 1.165) is 25.3 Å². The third-order valence-corrected chi connectivity index (χ3v) is 4.95. The van der Waals surface area contributed by atoms with Gasteiger partial charge in [-0.2, -0.15) is 0 Å². The molecule has 0 aliphatic heterocycles. The van der Waals surface area contributed by atoms with E-state index in [2.05, 4.69) is 24.1 Å². The van der Waals surface area contributed by atoms with Crippen molar-refractivity contribution >= 4 is 11.3 Å². The van der Waals surface area contributed by atoms with Crippen LogP contribution in [0.1, 0.15) is 55.3 Å². The maximum Gasteiger partial charge on any atom is 0.0959 e. The lowest BCUT2D eigenvalue weighted by Crippen LogP contribution is -2.46. The highest BCUT2D eigenvalue weighted by Gasteiger charge is 2.27. The van der Waals surface area contributed by atoms with Crippen molar-refractivity contribution < 1.29 is 5.11 Å². The lowest BCUT2D eigenvalue weighted by molar-refractivity contribution is 0.150. The van der Waals surface area contributed by atoms with Crippen LogP contribution < -0.4 is 5.32 Å². The third-order valence-electron chi connectivity index (χ3n) is 3.79. The molecule has 0 saturated heterocycles. The van der Waals surface area contributed by atoms with E-state index < -0.39 is 0 Å². The largest absolute Gasteiger partial charge is 0.394 e. The predicted octanol–water partition coefficient (Wildman–Crippen LogP) is 2.66. The van der Waals surface area contributed by atoms with E-state index >= 15 is 0 Å². The molecule has 1 heterocycles. The summed E-state index contributed by atoms with van der Waals surface area (Å²) in [6.07, 6.45) is 6.51. The maximum atomic E-state index is 9.48. The summed E-state index contributed by atoms with van der Waals surface area (Å²) in [5, 5.41) is 14.3. The topological polar surface area (TPSA) is 45.1 Å². The van der Waals surface area contributed by atoms with E-state index in [4.69, 9.17) is 0 Å². The van der Waals surface area contributed by atoms with Crippen LogP contribution in [0.3, 0.4) is 0 Å². The molecule has 1 aliphatic rings. The van der Waals surface area contributed by atoms with E-state index in [1.807, 2.05) is 17.5 Å².